The van der Waals surface area contributed by atoms with Crippen LogP contribution in [0.1, 0.15) is 0 Å². The molecule has 2 fully saturated rings. The molecule has 2 aromatic carbocycles. The van der Waals surface area contributed by atoms with Crippen molar-refractivity contribution < 1.29 is 18.3 Å². The maximum absolute atomic E-state index is 11.9. The fourth-order valence-electron chi connectivity index (χ4n) is 4.06. The van der Waals surface area contributed by atoms with Gasteiger partial charge in [-0.1, -0.05) is 24.3 Å². The molecule has 2 aromatic heterocycles. The van der Waals surface area contributed by atoms with Gasteiger partial charge in [0.25, 0.3) is 0 Å². The molecule has 0 aliphatic carbocycles. The lowest BCUT2D eigenvalue weighted by Crippen LogP contribution is -2.36. The second-order valence-electron chi connectivity index (χ2n) is 8.09. The van der Waals surface area contributed by atoms with E-state index in [-0.39, 0.29) is 10.9 Å². The van der Waals surface area contributed by atoms with E-state index in [0.29, 0.717) is 60.1 Å². The van der Waals surface area contributed by atoms with Gasteiger partial charge in [-0.05, 0) is 24.3 Å². The van der Waals surface area contributed by atoms with E-state index in [1.54, 1.807) is 24.3 Å². The molecule has 6 rings (SSSR count). The van der Waals surface area contributed by atoms with Gasteiger partial charge in [-0.2, -0.15) is 0 Å². The lowest BCUT2D eigenvalue weighted by atomic mass is 10.2. The molecule has 0 spiro atoms. The van der Waals surface area contributed by atoms with E-state index >= 15 is 0 Å². The van der Waals surface area contributed by atoms with E-state index in [0.717, 1.165) is 26.2 Å². The highest BCUT2D eigenvalue weighted by Crippen LogP contribution is 2.20. The largest absolute Gasteiger partial charge is 0.440 e. The van der Waals surface area contributed by atoms with E-state index in [1.807, 2.05) is 46.2 Å². The van der Waals surface area contributed by atoms with E-state index in [2.05, 4.69) is 0 Å². The third kappa shape index (κ3) is 4.83. The Morgan fingerprint density at radius 2 is 0.941 bits per heavy atom. The van der Waals surface area contributed by atoms with E-state index < -0.39 is 0 Å². The number of hydrogen-bond donors (Lipinski definition) is 0. The summed E-state index contributed by atoms with van der Waals surface area (Å²) in [5.41, 5.74) is 1.30. The van der Waals surface area contributed by atoms with Crippen molar-refractivity contribution in [2.45, 2.75) is 0 Å². The molecule has 8 heteroatoms. The first-order valence-electron chi connectivity index (χ1n) is 11.4. The van der Waals surface area contributed by atoms with Crippen molar-refractivity contribution in [3.63, 3.8) is 0 Å². The number of morpholine rings is 2. The third-order valence-electron chi connectivity index (χ3n) is 5.89. The van der Waals surface area contributed by atoms with Gasteiger partial charge in [0.2, 0.25) is 0 Å². The monoisotopic (exact) mass is 462 g/mol. The molecular formula is C26H26N2O6. The predicted octanol–water partition coefficient (Wildman–Crippen LogP) is 3.26. The quantitative estimate of drug-likeness (QED) is 0.449. The van der Waals surface area contributed by atoms with Crippen LogP contribution in [0.4, 0.5) is 11.8 Å². The Hall–Kier alpha value is -3.62. The molecule has 0 atom stereocenters. The van der Waals surface area contributed by atoms with Gasteiger partial charge in [-0.15, -0.1) is 0 Å². The van der Waals surface area contributed by atoms with Gasteiger partial charge in [0.1, 0.15) is 11.2 Å². The highest BCUT2D eigenvalue weighted by Gasteiger charge is 2.16. The van der Waals surface area contributed by atoms with Crippen molar-refractivity contribution in [1.29, 1.82) is 0 Å². The number of hydrogen-bond acceptors (Lipinski definition) is 8. The first kappa shape index (κ1) is 22.2. The molecule has 2 aliphatic heterocycles. The summed E-state index contributed by atoms with van der Waals surface area (Å²) in [7, 11) is 0. The van der Waals surface area contributed by atoms with Gasteiger partial charge >= 0.3 is 0 Å². The maximum atomic E-state index is 11.9. The van der Waals surface area contributed by atoms with Crippen molar-refractivity contribution in [2.24, 2.45) is 0 Å². The summed E-state index contributed by atoms with van der Waals surface area (Å²) in [4.78, 5) is 27.9. The van der Waals surface area contributed by atoms with Gasteiger partial charge in [-0.25, -0.2) is 0 Å². The molecule has 34 heavy (non-hydrogen) atoms. The summed E-state index contributed by atoms with van der Waals surface area (Å²) < 4.78 is 22.1. The van der Waals surface area contributed by atoms with E-state index in [1.165, 1.54) is 0 Å². The molecule has 0 amide bonds. The number of anilines is 2. The van der Waals surface area contributed by atoms with Gasteiger partial charge in [0.05, 0.1) is 37.2 Å². The lowest BCUT2D eigenvalue weighted by Gasteiger charge is -2.27. The fourth-order valence-corrected chi connectivity index (χ4v) is 4.06. The van der Waals surface area contributed by atoms with Crippen LogP contribution in [0.15, 0.2) is 79.1 Å². The predicted molar refractivity (Wildman–Crippen MR) is 131 cm³/mol. The van der Waals surface area contributed by atoms with Gasteiger partial charge in [0.15, 0.2) is 22.6 Å². The molecule has 4 aromatic rings. The second-order valence-corrected chi connectivity index (χ2v) is 8.09. The van der Waals surface area contributed by atoms with Gasteiger partial charge < -0.3 is 28.1 Å². The van der Waals surface area contributed by atoms with Crippen LogP contribution >= 0.6 is 0 Å². The topological polar surface area (TPSA) is 85.4 Å². The van der Waals surface area contributed by atoms with Crippen molar-refractivity contribution in [3.05, 3.63) is 81.1 Å². The molecule has 0 radical (unpaired) electrons. The molecule has 0 N–H and O–H groups in total. The van der Waals surface area contributed by atoms with Crippen LogP contribution in [0.2, 0.25) is 0 Å². The van der Waals surface area contributed by atoms with Crippen LogP contribution in [0.5, 0.6) is 0 Å². The number of benzene rings is 2. The smallest absolute Gasteiger partial charge is 0.200 e. The lowest BCUT2D eigenvalue weighted by molar-refractivity contribution is 0.120. The summed E-state index contributed by atoms with van der Waals surface area (Å²) >= 11 is 0. The molecule has 8 nitrogen and oxygen atoms in total. The number of rotatable bonds is 2. The molecule has 0 bridgehead atoms. The Bertz CT molecular complexity index is 1280. The Balaban J connectivity index is 0.000000142. The molecular weight excluding hydrogens is 436 g/mol. The first-order valence-corrected chi connectivity index (χ1v) is 11.4. The SMILES string of the molecule is O=c1cc(N2CCOCC2)oc2ccccc12.O=c1cc(N2CCOCC2)oc2ccccc12. The van der Waals surface area contributed by atoms with Crippen LogP contribution in [0.3, 0.4) is 0 Å². The summed E-state index contributed by atoms with van der Waals surface area (Å²) in [6.07, 6.45) is 0. The number of ether oxygens (including phenoxy) is 2. The van der Waals surface area contributed by atoms with Crippen LogP contribution in [-0.2, 0) is 9.47 Å². The number of para-hydroxylation sites is 2. The normalized spacial score (nSPS) is 16.4. The minimum absolute atomic E-state index is 0.00772. The molecule has 2 saturated heterocycles. The summed E-state index contributed by atoms with van der Waals surface area (Å²) in [5.74, 6) is 1.27. The summed E-state index contributed by atoms with van der Waals surface area (Å²) in [6.45, 7) is 5.77. The molecule has 0 unspecified atom stereocenters. The summed E-state index contributed by atoms with van der Waals surface area (Å²) in [5, 5.41) is 1.26. The standard InChI is InChI=1S/2C13H13NO3/c2*15-11-9-13(14-5-7-16-8-6-14)17-12-4-2-1-3-10(11)12/h2*1-4,9H,5-8H2. The highest BCUT2D eigenvalue weighted by molar-refractivity contribution is 5.78. The van der Waals surface area contributed by atoms with Gasteiger partial charge in [-0.3, -0.25) is 9.59 Å². The van der Waals surface area contributed by atoms with Crippen LogP contribution in [-0.4, -0.2) is 52.6 Å². The Labute approximate surface area is 195 Å². The van der Waals surface area contributed by atoms with E-state index in [9.17, 15) is 9.59 Å². The maximum Gasteiger partial charge on any atom is 0.200 e. The van der Waals surface area contributed by atoms with Crippen LogP contribution < -0.4 is 20.7 Å². The molecule has 0 saturated carbocycles. The zero-order valence-corrected chi connectivity index (χ0v) is 18.8. The average molecular weight is 463 g/mol. The zero-order chi connectivity index (χ0) is 23.3. The fraction of sp³-hybridized carbons (Fsp3) is 0.308. The summed E-state index contributed by atoms with van der Waals surface area (Å²) in [6, 6.07) is 17.8. The molecule has 2 aliphatic rings. The molecule has 4 heterocycles. The molecule has 176 valence electrons. The Kier molecular flexibility index (Phi) is 6.60. The highest BCUT2D eigenvalue weighted by atomic mass is 16.5. The van der Waals surface area contributed by atoms with E-state index in [4.69, 9.17) is 18.3 Å². The average Bonchev–Trinajstić information content (AvgIpc) is 2.90. The Morgan fingerprint density at radius 3 is 1.35 bits per heavy atom. The third-order valence-corrected chi connectivity index (χ3v) is 5.89. The van der Waals surface area contributed by atoms with Crippen LogP contribution in [0, 0.1) is 0 Å². The second kappa shape index (κ2) is 10.1. The van der Waals surface area contributed by atoms with Crippen LogP contribution in [0.25, 0.3) is 21.9 Å². The van der Waals surface area contributed by atoms with Gasteiger partial charge in [0, 0.05) is 38.3 Å². The van der Waals surface area contributed by atoms with Crippen molar-refractivity contribution >= 4 is 33.7 Å². The minimum atomic E-state index is 0.00772. The Morgan fingerprint density at radius 1 is 0.559 bits per heavy atom. The first-order chi connectivity index (χ1) is 16.7. The minimum Gasteiger partial charge on any atom is -0.440 e. The van der Waals surface area contributed by atoms with Crippen molar-refractivity contribution in [3.8, 4) is 0 Å². The van der Waals surface area contributed by atoms with Crippen molar-refractivity contribution in [2.75, 3.05) is 62.4 Å². The number of fused-ring (bicyclic) bond motifs is 2. The number of nitrogens with zero attached hydrogens (tertiary/aromatic N) is 2. The zero-order valence-electron chi connectivity index (χ0n) is 18.8. The van der Waals surface area contributed by atoms with Crippen molar-refractivity contribution in [1.82, 2.24) is 0 Å².